The van der Waals surface area contributed by atoms with E-state index in [1.54, 1.807) is 12.1 Å². The van der Waals surface area contributed by atoms with Crippen LogP contribution in [0.1, 0.15) is 24.8 Å². The first-order valence-electron chi connectivity index (χ1n) is 6.04. The molecule has 0 heterocycles. The van der Waals surface area contributed by atoms with E-state index < -0.39 is 12.0 Å². The third-order valence-electron chi connectivity index (χ3n) is 2.71. The maximum Gasteiger partial charge on any atom is 0.320 e. The molecule has 4 N–H and O–H groups in total. The molecule has 0 aliphatic rings. The summed E-state index contributed by atoms with van der Waals surface area (Å²) in [4.78, 5) is 11.0. The molecule has 18 heavy (non-hydrogen) atoms. The van der Waals surface area contributed by atoms with E-state index in [-0.39, 0.29) is 5.82 Å². The van der Waals surface area contributed by atoms with Crippen LogP contribution < -0.4 is 11.1 Å². The van der Waals surface area contributed by atoms with E-state index in [1.807, 2.05) is 0 Å². The molecule has 1 aromatic carbocycles. The molecule has 1 atom stereocenters. The zero-order chi connectivity index (χ0) is 13.4. The van der Waals surface area contributed by atoms with Gasteiger partial charge < -0.3 is 16.2 Å². The number of nitrogens with two attached hydrogens (primary N) is 1. The van der Waals surface area contributed by atoms with Crippen molar-refractivity contribution in [2.24, 2.45) is 5.73 Å². The summed E-state index contributed by atoms with van der Waals surface area (Å²) >= 11 is 0. The van der Waals surface area contributed by atoms with Gasteiger partial charge in [0.2, 0.25) is 0 Å². The van der Waals surface area contributed by atoms with Crippen LogP contribution in [0.4, 0.5) is 4.39 Å². The number of halogens is 1. The highest BCUT2D eigenvalue weighted by molar-refractivity contribution is 5.73. The van der Waals surface area contributed by atoms with Crippen LogP contribution in [-0.4, -0.2) is 23.7 Å². The Kier molecular flexibility index (Phi) is 6.32. The molecule has 5 heteroatoms. The lowest BCUT2D eigenvalue weighted by Gasteiger charge is -2.14. The van der Waals surface area contributed by atoms with E-state index in [0.29, 0.717) is 19.5 Å². The molecule has 0 aliphatic heterocycles. The Morgan fingerprint density at radius 2 is 2.00 bits per heavy atom. The maximum absolute atomic E-state index is 12.7. The second kappa shape index (κ2) is 7.79. The molecule has 0 amide bonds. The van der Waals surface area contributed by atoms with E-state index in [0.717, 1.165) is 18.4 Å². The van der Waals surface area contributed by atoms with Crippen molar-refractivity contribution in [1.82, 2.24) is 5.32 Å². The second-order valence-corrected chi connectivity index (χ2v) is 4.18. The van der Waals surface area contributed by atoms with Gasteiger partial charge in [0, 0.05) is 6.54 Å². The Labute approximate surface area is 106 Å². The van der Waals surface area contributed by atoms with Crippen LogP contribution in [0.5, 0.6) is 0 Å². The Balaban J connectivity index is 2.41. The molecule has 0 spiro atoms. The number of hydrogen-bond donors (Lipinski definition) is 3. The van der Waals surface area contributed by atoms with Crippen LogP contribution in [0.15, 0.2) is 24.3 Å². The van der Waals surface area contributed by atoms with Crippen molar-refractivity contribution < 1.29 is 14.3 Å². The fourth-order valence-corrected chi connectivity index (χ4v) is 1.65. The predicted octanol–water partition coefficient (Wildman–Crippen LogP) is 1.50. The summed E-state index contributed by atoms with van der Waals surface area (Å²) in [7, 11) is 0. The minimum absolute atomic E-state index is 0.295. The lowest BCUT2D eigenvalue weighted by molar-refractivity contribution is -0.139. The first kappa shape index (κ1) is 14.6. The third kappa shape index (κ3) is 5.25. The van der Waals surface area contributed by atoms with Gasteiger partial charge in [0.25, 0.3) is 0 Å². The number of carbonyl (C=O) groups is 1. The van der Waals surface area contributed by atoms with Crippen LogP contribution >= 0.6 is 0 Å². The monoisotopic (exact) mass is 254 g/mol. The van der Waals surface area contributed by atoms with E-state index in [9.17, 15) is 9.18 Å². The van der Waals surface area contributed by atoms with Crippen LogP contribution in [0.2, 0.25) is 0 Å². The molecule has 0 radical (unpaired) electrons. The average Bonchev–Trinajstić information content (AvgIpc) is 2.35. The largest absolute Gasteiger partial charge is 0.480 e. The standard InChI is InChI=1S/C13H19FN2O2/c14-11-6-4-10(5-7-11)9-16-12(13(17)18)3-1-2-8-15/h4-7,12,16H,1-3,8-9,15H2,(H,17,18). The molecule has 1 unspecified atom stereocenters. The minimum Gasteiger partial charge on any atom is -0.480 e. The Morgan fingerprint density at radius 1 is 1.33 bits per heavy atom. The zero-order valence-electron chi connectivity index (χ0n) is 10.2. The fourth-order valence-electron chi connectivity index (χ4n) is 1.65. The summed E-state index contributed by atoms with van der Waals surface area (Å²) in [6.45, 7) is 0.990. The predicted molar refractivity (Wildman–Crippen MR) is 67.6 cm³/mol. The van der Waals surface area contributed by atoms with Gasteiger partial charge in [-0.1, -0.05) is 18.6 Å². The summed E-state index contributed by atoms with van der Waals surface area (Å²) < 4.78 is 12.7. The molecule has 0 fully saturated rings. The number of rotatable bonds is 8. The lowest BCUT2D eigenvalue weighted by Crippen LogP contribution is -2.36. The molecule has 0 saturated carbocycles. The van der Waals surface area contributed by atoms with Gasteiger partial charge in [0.05, 0.1) is 0 Å². The smallest absolute Gasteiger partial charge is 0.320 e. The van der Waals surface area contributed by atoms with Crippen molar-refractivity contribution >= 4 is 5.97 Å². The maximum atomic E-state index is 12.7. The van der Waals surface area contributed by atoms with Crippen LogP contribution in [0.3, 0.4) is 0 Å². The SMILES string of the molecule is NCCCCC(NCc1ccc(F)cc1)C(=O)O. The molecular weight excluding hydrogens is 235 g/mol. The molecule has 100 valence electrons. The lowest BCUT2D eigenvalue weighted by atomic mass is 10.1. The molecule has 4 nitrogen and oxygen atoms in total. The number of aliphatic carboxylic acids is 1. The number of hydrogen-bond acceptors (Lipinski definition) is 3. The quantitative estimate of drug-likeness (QED) is 0.614. The second-order valence-electron chi connectivity index (χ2n) is 4.18. The topological polar surface area (TPSA) is 75.3 Å². The van der Waals surface area contributed by atoms with Crippen molar-refractivity contribution in [2.75, 3.05) is 6.54 Å². The summed E-state index contributed by atoms with van der Waals surface area (Å²) in [5.41, 5.74) is 6.23. The molecular formula is C13H19FN2O2. The highest BCUT2D eigenvalue weighted by Gasteiger charge is 2.15. The summed E-state index contributed by atoms with van der Waals surface area (Å²) in [6.07, 6.45) is 2.15. The van der Waals surface area contributed by atoms with Crippen LogP contribution in [-0.2, 0) is 11.3 Å². The summed E-state index contributed by atoms with van der Waals surface area (Å²) in [5, 5.41) is 12.0. The highest BCUT2D eigenvalue weighted by Crippen LogP contribution is 2.05. The van der Waals surface area contributed by atoms with Gasteiger partial charge in [-0.15, -0.1) is 0 Å². The Morgan fingerprint density at radius 3 is 2.56 bits per heavy atom. The Hall–Kier alpha value is -1.46. The molecule has 0 saturated heterocycles. The summed E-state index contributed by atoms with van der Waals surface area (Å²) in [6, 6.07) is 5.42. The van der Waals surface area contributed by atoms with E-state index in [2.05, 4.69) is 5.32 Å². The van der Waals surface area contributed by atoms with E-state index in [1.165, 1.54) is 12.1 Å². The molecule has 1 aromatic rings. The molecule has 0 bridgehead atoms. The van der Waals surface area contributed by atoms with Crippen molar-refractivity contribution in [1.29, 1.82) is 0 Å². The van der Waals surface area contributed by atoms with Gasteiger partial charge in [0.15, 0.2) is 0 Å². The first-order chi connectivity index (χ1) is 8.63. The van der Waals surface area contributed by atoms with Gasteiger partial charge in [0.1, 0.15) is 11.9 Å². The molecule has 1 rings (SSSR count). The normalized spacial score (nSPS) is 12.3. The van der Waals surface area contributed by atoms with Crippen molar-refractivity contribution in [2.45, 2.75) is 31.8 Å². The summed E-state index contributed by atoms with van der Waals surface area (Å²) in [5.74, 6) is -1.16. The average molecular weight is 254 g/mol. The van der Waals surface area contributed by atoms with Gasteiger partial charge >= 0.3 is 5.97 Å². The highest BCUT2D eigenvalue weighted by atomic mass is 19.1. The van der Waals surface area contributed by atoms with Crippen LogP contribution in [0, 0.1) is 5.82 Å². The van der Waals surface area contributed by atoms with Crippen molar-refractivity contribution in [3.05, 3.63) is 35.6 Å². The van der Waals surface area contributed by atoms with E-state index in [4.69, 9.17) is 10.8 Å². The third-order valence-corrected chi connectivity index (χ3v) is 2.71. The van der Waals surface area contributed by atoms with Gasteiger partial charge in [-0.05, 0) is 37.1 Å². The van der Waals surface area contributed by atoms with Crippen molar-refractivity contribution in [3.8, 4) is 0 Å². The minimum atomic E-state index is -0.867. The van der Waals surface area contributed by atoms with Gasteiger partial charge in [-0.25, -0.2) is 4.39 Å². The van der Waals surface area contributed by atoms with Gasteiger partial charge in [-0.3, -0.25) is 4.79 Å². The molecule has 0 aliphatic carbocycles. The van der Waals surface area contributed by atoms with Crippen LogP contribution in [0.25, 0.3) is 0 Å². The zero-order valence-corrected chi connectivity index (χ0v) is 10.2. The first-order valence-corrected chi connectivity index (χ1v) is 6.04. The number of nitrogens with one attached hydrogen (secondary N) is 1. The van der Waals surface area contributed by atoms with Crippen molar-refractivity contribution in [3.63, 3.8) is 0 Å². The molecule has 0 aromatic heterocycles. The Bertz CT molecular complexity index is 368. The number of carboxylic acids is 1. The number of benzene rings is 1. The number of carboxylic acid groups (broad SMARTS) is 1. The number of unbranched alkanes of at least 4 members (excludes halogenated alkanes) is 1. The van der Waals surface area contributed by atoms with Gasteiger partial charge in [-0.2, -0.15) is 0 Å². The fraction of sp³-hybridized carbons (Fsp3) is 0.462. The van der Waals surface area contributed by atoms with E-state index >= 15 is 0 Å².